The van der Waals surface area contributed by atoms with E-state index in [1.807, 2.05) is 30.3 Å². The molecule has 0 saturated carbocycles. The fourth-order valence-electron chi connectivity index (χ4n) is 2.90. The third-order valence-electron chi connectivity index (χ3n) is 4.38. The number of aromatic nitrogens is 3. The van der Waals surface area contributed by atoms with Crippen molar-refractivity contribution < 1.29 is 14.0 Å². The average Bonchev–Trinajstić information content (AvgIpc) is 3.45. The van der Waals surface area contributed by atoms with E-state index >= 15 is 0 Å². The van der Waals surface area contributed by atoms with E-state index in [9.17, 15) is 9.59 Å². The predicted octanol–water partition coefficient (Wildman–Crippen LogP) is 3.10. The van der Waals surface area contributed by atoms with E-state index in [0.717, 1.165) is 5.56 Å². The van der Waals surface area contributed by atoms with Crippen LogP contribution in [-0.2, 0) is 13.1 Å². The van der Waals surface area contributed by atoms with E-state index in [2.05, 4.69) is 20.9 Å². The summed E-state index contributed by atoms with van der Waals surface area (Å²) < 4.78 is 6.80. The Balaban J connectivity index is 1.43. The Hall–Kier alpha value is -4.20. The molecule has 0 aliphatic heterocycles. The number of amides is 2. The van der Waals surface area contributed by atoms with Gasteiger partial charge < -0.3 is 15.1 Å². The number of carbonyl (C=O) groups is 2. The van der Waals surface area contributed by atoms with Crippen molar-refractivity contribution in [3.63, 3.8) is 0 Å². The monoisotopic (exact) mass is 401 g/mol. The van der Waals surface area contributed by atoms with Gasteiger partial charge in [0.15, 0.2) is 5.69 Å². The topological polar surface area (TPSA) is 102 Å². The lowest BCUT2D eigenvalue weighted by Crippen LogP contribution is -2.24. The summed E-state index contributed by atoms with van der Waals surface area (Å²) in [5, 5.41) is 13.5. The second kappa shape index (κ2) is 8.87. The summed E-state index contributed by atoms with van der Waals surface area (Å²) in [4.78, 5) is 25.2. The molecule has 0 fully saturated rings. The maximum Gasteiger partial charge on any atom is 0.277 e. The lowest BCUT2D eigenvalue weighted by atomic mass is 10.1. The number of carbonyl (C=O) groups excluding carboxylic acids is 2. The first-order valence-electron chi connectivity index (χ1n) is 9.34. The molecule has 150 valence electrons. The molecular formula is C22H19N5O3. The molecule has 0 spiro atoms. The Labute approximate surface area is 172 Å². The quantitative estimate of drug-likeness (QED) is 0.495. The Morgan fingerprint density at radius 3 is 2.53 bits per heavy atom. The van der Waals surface area contributed by atoms with Crippen LogP contribution in [-0.4, -0.2) is 26.8 Å². The fourth-order valence-corrected chi connectivity index (χ4v) is 2.90. The Bertz CT molecular complexity index is 1140. The van der Waals surface area contributed by atoms with Crippen molar-refractivity contribution in [2.24, 2.45) is 0 Å². The van der Waals surface area contributed by atoms with Crippen molar-refractivity contribution in [1.82, 2.24) is 20.3 Å². The summed E-state index contributed by atoms with van der Waals surface area (Å²) in [6.45, 7) is 0.759. The van der Waals surface area contributed by atoms with Gasteiger partial charge in [-0.2, -0.15) is 0 Å². The number of hydrogen-bond acceptors (Lipinski definition) is 5. The molecule has 2 aromatic carbocycles. The van der Waals surface area contributed by atoms with Gasteiger partial charge in [-0.15, -0.1) is 5.10 Å². The van der Waals surface area contributed by atoms with E-state index < -0.39 is 5.91 Å². The van der Waals surface area contributed by atoms with E-state index in [-0.39, 0.29) is 18.1 Å². The highest BCUT2D eigenvalue weighted by Crippen LogP contribution is 2.16. The summed E-state index contributed by atoms with van der Waals surface area (Å²) in [6.07, 6.45) is 3.11. The number of rotatable bonds is 7. The second-order valence-corrected chi connectivity index (χ2v) is 6.55. The van der Waals surface area contributed by atoms with Gasteiger partial charge in [-0.1, -0.05) is 47.7 Å². The van der Waals surface area contributed by atoms with Gasteiger partial charge in [0.25, 0.3) is 11.8 Å². The average molecular weight is 401 g/mol. The van der Waals surface area contributed by atoms with Gasteiger partial charge in [0.2, 0.25) is 0 Å². The van der Waals surface area contributed by atoms with Crippen LogP contribution in [0.2, 0.25) is 0 Å². The van der Waals surface area contributed by atoms with Gasteiger partial charge >= 0.3 is 0 Å². The predicted molar refractivity (Wildman–Crippen MR) is 110 cm³/mol. The number of anilines is 1. The van der Waals surface area contributed by atoms with Gasteiger partial charge in [-0.25, -0.2) is 4.68 Å². The lowest BCUT2D eigenvalue weighted by molar-refractivity contribution is 0.0949. The molecule has 4 rings (SSSR count). The van der Waals surface area contributed by atoms with Crippen molar-refractivity contribution in [1.29, 1.82) is 0 Å². The molecule has 2 heterocycles. The first-order valence-corrected chi connectivity index (χ1v) is 9.34. The van der Waals surface area contributed by atoms with Crippen LogP contribution < -0.4 is 10.6 Å². The lowest BCUT2D eigenvalue weighted by Gasteiger charge is -2.10. The molecule has 0 aliphatic carbocycles. The van der Waals surface area contributed by atoms with E-state index in [1.54, 1.807) is 53.5 Å². The van der Waals surface area contributed by atoms with Crippen LogP contribution >= 0.6 is 0 Å². The fraction of sp³-hybridized carbons (Fsp3) is 0.0909. The molecule has 2 amide bonds. The zero-order valence-electron chi connectivity index (χ0n) is 16.0. The summed E-state index contributed by atoms with van der Waals surface area (Å²) in [7, 11) is 0. The van der Waals surface area contributed by atoms with E-state index in [0.29, 0.717) is 23.6 Å². The number of nitrogens with one attached hydrogen (secondary N) is 2. The number of benzene rings is 2. The Morgan fingerprint density at radius 2 is 1.73 bits per heavy atom. The van der Waals surface area contributed by atoms with Gasteiger partial charge in [0.05, 0.1) is 36.8 Å². The van der Waals surface area contributed by atoms with Crippen molar-refractivity contribution in [3.05, 3.63) is 102 Å². The highest BCUT2D eigenvalue weighted by atomic mass is 16.3. The van der Waals surface area contributed by atoms with Crippen LogP contribution in [0.1, 0.15) is 32.2 Å². The molecule has 8 heteroatoms. The molecule has 4 aromatic rings. The first-order chi connectivity index (χ1) is 14.7. The largest absolute Gasteiger partial charge is 0.467 e. The molecule has 2 aromatic heterocycles. The summed E-state index contributed by atoms with van der Waals surface area (Å²) in [5.41, 5.74) is 1.94. The molecule has 0 unspecified atom stereocenters. The van der Waals surface area contributed by atoms with Gasteiger partial charge in [-0.05, 0) is 29.8 Å². The van der Waals surface area contributed by atoms with Gasteiger partial charge in [0.1, 0.15) is 5.76 Å². The van der Waals surface area contributed by atoms with Gasteiger partial charge in [0, 0.05) is 0 Å². The Morgan fingerprint density at radius 1 is 0.933 bits per heavy atom. The number of furan rings is 1. The zero-order chi connectivity index (χ0) is 20.8. The highest BCUT2D eigenvalue weighted by molar-refractivity contribution is 6.08. The zero-order valence-corrected chi connectivity index (χ0v) is 16.0. The smallest absolute Gasteiger partial charge is 0.277 e. The van der Waals surface area contributed by atoms with Crippen molar-refractivity contribution in [2.75, 3.05) is 5.32 Å². The number of para-hydroxylation sites is 1. The molecule has 0 radical (unpaired) electrons. The number of nitrogens with zero attached hydrogens (tertiary/aromatic N) is 3. The molecule has 0 aliphatic rings. The Kier molecular flexibility index (Phi) is 5.66. The minimum absolute atomic E-state index is 0.164. The normalized spacial score (nSPS) is 10.5. The SMILES string of the molecule is O=C(Nc1ccccc1C(=O)NCc1ccco1)c1cn(Cc2ccccc2)nn1. The first kappa shape index (κ1) is 19.1. The van der Waals surface area contributed by atoms with Crippen molar-refractivity contribution >= 4 is 17.5 Å². The van der Waals surface area contributed by atoms with Gasteiger partial charge in [-0.3, -0.25) is 9.59 Å². The third-order valence-corrected chi connectivity index (χ3v) is 4.38. The van der Waals surface area contributed by atoms with Crippen LogP contribution in [0.5, 0.6) is 0 Å². The van der Waals surface area contributed by atoms with Crippen LogP contribution in [0.15, 0.2) is 83.6 Å². The maximum atomic E-state index is 12.6. The molecular weight excluding hydrogens is 382 g/mol. The molecule has 30 heavy (non-hydrogen) atoms. The van der Waals surface area contributed by atoms with Crippen LogP contribution in [0.3, 0.4) is 0 Å². The highest BCUT2D eigenvalue weighted by Gasteiger charge is 2.16. The second-order valence-electron chi connectivity index (χ2n) is 6.55. The third kappa shape index (κ3) is 4.61. The summed E-state index contributed by atoms with van der Waals surface area (Å²) in [5.74, 6) is -0.129. The van der Waals surface area contributed by atoms with E-state index in [4.69, 9.17) is 4.42 Å². The standard InChI is InChI=1S/C22H19N5O3/c28-21(23-13-17-9-6-12-30-17)18-10-4-5-11-19(18)24-22(29)20-15-27(26-25-20)14-16-7-2-1-3-8-16/h1-12,15H,13-14H2,(H,23,28)(H,24,29). The number of hydrogen-bond donors (Lipinski definition) is 2. The molecule has 8 nitrogen and oxygen atoms in total. The van der Waals surface area contributed by atoms with Crippen LogP contribution in [0.25, 0.3) is 0 Å². The summed E-state index contributed by atoms with van der Waals surface area (Å²) >= 11 is 0. The minimum Gasteiger partial charge on any atom is -0.467 e. The minimum atomic E-state index is -0.444. The van der Waals surface area contributed by atoms with E-state index in [1.165, 1.54) is 0 Å². The van der Waals surface area contributed by atoms with Crippen molar-refractivity contribution in [3.8, 4) is 0 Å². The van der Waals surface area contributed by atoms with Crippen molar-refractivity contribution in [2.45, 2.75) is 13.1 Å². The van der Waals surface area contributed by atoms with Crippen LogP contribution in [0.4, 0.5) is 5.69 Å². The molecule has 2 N–H and O–H groups in total. The van der Waals surface area contributed by atoms with Crippen LogP contribution in [0, 0.1) is 0 Å². The maximum absolute atomic E-state index is 12.6. The molecule has 0 atom stereocenters. The molecule has 0 saturated heterocycles. The molecule has 0 bridgehead atoms. The summed E-state index contributed by atoms with van der Waals surface area (Å²) in [6, 6.07) is 20.0.